The number of aromatic nitrogens is 1. The Hall–Kier alpha value is -1.40. The van der Waals surface area contributed by atoms with E-state index in [1.807, 2.05) is 24.8 Å². The Balaban J connectivity index is 1.77. The minimum atomic E-state index is -0.0661. The van der Waals surface area contributed by atoms with Gasteiger partial charge in [0.05, 0.1) is 5.69 Å². The second-order valence-corrected chi connectivity index (χ2v) is 5.27. The van der Waals surface area contributed by atoms with Gasteiger partial charge >= 0.3 is 0 Å². The second-order valence-electron chi connectivity index (χ2n) is 5.27. The van der Waals surface area contributed by atoms with Crippen LogP contribution in [0.4, 0.5) is 0 Å². The van der Waals surface area contributed by atoms with Crippen LogP contribution >= 0.6 is 0 Å². The van der Waals surface area contributed by atoms with Crippen molar-refractivity contribution in [3.63, 3.8) is 0 Å². The number of amides is 1. The highest BCUT2D eigenvalue weighted by Gasteiger charge is 2.22. The van der Waals surface area contributed by atoms with E-state index in [0.717, 1.165) is 44.2 Å². The Morgan fingerprint density at radius 3 is 2.68 bits per heavy atom. The third kappa shape index (κ3) is 4.04. The molecule has 1 unspecified atom stereocenters. The molecule has 0 bridgehead atoms. The van der Waals surface area contributed by atoms with Crippen LogP contribution in [0.15, 0.2) is 10.6 Å². The smallest absolute Gasteiger partial charge is 0.224 e. The molecule has 2 heterocycles. The number of hydrogen-bond donors (Lipinski definition) is 1. The van der Waals surface area contributed by atoms with Gasteiger partial charge in [-0.1, -0.05) is 5.16 Å². The summed E-state index contributed by atoms with van der Waals surface area (Å²) in [4.78, 5) is 16.1. The summed E-state index contributed by atoms with van der Waals surface area (Å²) in [5.74, 6) is 0.993. The molecule has 0 radical (unpaired) electrons. The Bertz CT molecular complexity index is 422. The van der Waals surface area contributed by atoms with Crippen molar-refractivity contribution < 1.29 is 9.32 Å². The molecule has 1 atom stereocenters. The van der Waals surface area contributed by atoms with Crippen LogP contribution in [0.3, 0.4) is 0 Å². The number of carbonyl (C=O) groups is 1. The summed E-state index contributed by atoms with van der Waals surface area (Å²) in [6.07, 6.45) is 0.433. The highest BCUT2D eigenvalue weighted by Crippen LogP contribution is 2.10. The third-order valence-corrected chi connectivity index (χ3v) is 3.28. The van der Waals surface area contributed by atoms with E-state index in [2.05, 4.69) is 10.1 Å². The fourth-order valence-electron chi connectivity index (χ4n) is 2.28. The Morgan fingerprint density at radius 2 is 2.16 bits per heavy atom. The molecule has 1 aliphatic rings. The van der Waals surface area contributed by atoms with Gasteiger partial charge in [0.2, 0.25) is 5.91 Å². The SMILES string of the molecule is Cc1cc(CN2CCN(C(=O)CC(C)N)CC2)no1. The van der Waals surface area contributed by atoms with Crippen molar-refractivity contribution in [3.8, 4) is 0 Å². The molecule has 0 saturated carbocycles. The van der Waals surface area contributed by atoms with Crippen LogP contribution in [-0.4, -0.2) is 53.1 Å². The normalized spacial score (nSPS) is 18.6. The van der Waals surface area contributed by atoms with Gasteiger partial charge in [-0.3, -0.25) is 9.69 Å². The number of nitrogens with two attached hydrogens (primary N) is 1. The maximum Gasteiger partial charge on any atom is 0.224 e. The third-order valence-electron chi connectivity index (χ3n) is 3.28. The lowest BCUT2D eigenvalue weighted by molar-refractivity contribution is -0.133. The summed E-state index contributed by atoms with van der Waals surface area (Å²) in [5, 5.41) is 3.99. The van der Waals surface area contributed by atoms with Crippen LogP contribution in [0.25, 0.3) is 0 Å². The van der Waals surface area contributed by atoms with Gasteiger partial charge in [0.1, 0.15) is 5.76 Å². The predicted octanol–water partition coefficient (Wildman–Crippen LogP) is 0.365. The minimum absolute atomic E-state index is 0.0661. The Morgan fingerprint density at radius 1 is 1.47 bits per heavy atom. The molecule has 1 aromatic rings. The summed E-state index contributed by atoms with van der Waals surface area (Å²) in [5.41, 5.74) is 6.61. The van der Waals surface area contributed by atoms with Gasteiger partial charge in [0.15, 0.2) is 0 Å². The highest BCUT2D eigenvalue weighted by atomic mass is 16.5. The molecule has 0 aromatic carbocycles. The minimum Gasteiger partial charge on any atom is -0.361 e. The fourth-order valence-corrected chi connectivity index (χ4v) is 2.28. The topological polar surface area (TPSA) is 75.6 Å². The zero-order valence-electron chi connectivity index (χ0n) is 11.6. The van der Waals surface area contributed by atoms with E-state index >= 15 is 0 Å². The van der Waals surface area contributed by atoms with E-state index in [-0.39, 0.29) is 11.9 Å². The maximum atomic E-state index is 11.9. The first-order valence-electron chi connectivity index (χ1n) is 6.72. The summed E-state index contributed by atoms with van der Waals surface area (Å²) in [6.45, 7) is 7.81. The number of carbonyl (C=O) groups excluding carboxylic acids is 1. The van der Waals surface area contributed by atoms with Crippen LogP contribution in [0, 0.1) is 6.92 Å². The van der Waals surface area contributed by atoms with Crippen molar-refractivity contribution in [1.29, 1.82) is 0 Å². The van der Waals surface area contributed by atoms with Gasteiger partial charge in [-0.15, -0.1) is 0 Å². The van der Waals surface area contributed by atoms with E-state index < -0.39 is 0 Å². The van der Waals surface area contributed by atoms with Crippen molar-refractivity contribution >= 4 is 5.91 Å². The van der Waals surface area contributed by atoms with Gasteiger partial charge in [0.25, 0.3) is 0 Å². The highest BCUT2D eigenvalue weighted by molar-refractivity contribution is 5.76. The zero-order valence-corrected chi connectivity index (χ0v) is 11.6. The van der Waals surface area contributed by atoms with Crippen molar-refractivity contribution in [2.45, 2.75) is 32.9 Å². The van der Waals surface area contributed by atoms with Crippen LogP contribution < -0.4 is 5.73 Å². The van der Waals surface area contributed by atoms with E-state index in [4.69, 9.17) is 10.3 Å². The Labute approximate surface area is 113 Å². The molecular formula is C13H22N4O2. The number of nitrogens with zero attached hydrogens (tertiary/aromatic N) is 3. The van der Waals surface area contributed by atoms with Crippen LogP contribution in [0.1, 0.15) is 24.8 Å². The molecule has 0 aliphatic carbocycles. The molecule has 6 nitrogen and oxygen atoms in total. The first-order chi connectivity index (χ1) is 9.04. The van der Waals surface area contributed by atoms with Gasteiger partial charge < -0.3 is 15.2 Å². The van der Waals surface area contributed by atoms with Crippen molar-refractivity contribution in [2.75, 3.05) is 26.2 Å². The van der Waals surface area contributed by atoms with Gasteiger partial charge in [-0.2, -0.15) is 0 Å². The number of piperazine rings is 1. The largest absolute Gasteiger partial charge is 0.361 e. The molecule has 2 N–H and O–H groups in total. The number of aryl methyl sites for hydroxylation is 1. The lowest BCUT2D eigenvalue weighted by Gasteiger charge is -2.34. The predicted molar refractivity (Wildman–Crippen MR) is 71.4 cm³/mol. The molecule has 1 amide bonds. The summed E-state index contributed by atoms with van der Waals surface area (Å²) < 4.78 is 5.05. The van der Waals surface area contributed by atoms with Crippen molar-refractivity contribution in [1.82, 2.24) is 15.0 Å². The van der Waals surface area contributed by atoms with E-state index in [0.29, 0.717) is 6.42 Å². The van der Waals surface area contributed by atoms with Crippen molar-refractivity contribution in [2.24, 2.45) is 5.73 Å². The van der Waals surface area contributed by atoms with Gasteiger partial charge in [0, 0.05) is 51.3 Å². The summed E-state index contributed by atoms with van der Waals surface area (Å²) >= 11 is 0. The molecule has 0 spiro atoms. The first-order valence-corrected chi connectivity index (χ1v) is 6.72. The molecule has 1 saturated heterocycles. The molecule has 6 heteroatoms. The number of rotatable bonds is 4. The first kappa shape index (κ1) is 14.0. The Kier molecular flexibility index (Phi) is 4.55. The molecular weight excluding hydrogens is 244 g/mol. The van der Waals surface area contributed by atoms with E-state index in [9.17, 15) is 4.79 Å². The molecule has 1 aromatic heterocycles. The van der Waals surface area contributed by atoms with E-state index in [1.165, 1.54) is 0 Å². The molecule has 19 heavy (non-hydrogen) atoms. The molecule has 1 aliphatic heterocycles. The van der Waals surface area contributed by atoms with Gasteiger partial charge in [-0.25, -0.2) is 0 Å². The van der Waals surface area contributed by atoms with Gasteiger partial charge in [-0.05, 0) is 13.8 Å². The lowest BCUT2D eigenvalue weighted by atomic mass is 10.2. The van der Waals surface area contributed by atoms with Crippen molar-refractivity contribution in [3.05, 3.63) is 17.5 Å². The average molecular weight is 266 g/mol. The molecule has 2 rings (SSSR count). The number of hydrogen-bond acceptors (Lipinski definition) is 5. The molecule has 106 valence electrons. The van der Waals surface area contributed by atoms with Crippen LogP contribution in [0.2, 0.25) is 0 Å². The lowest BCUT2D eigenvalue weighted by Crippen LogP contribution is -2.49. The van der Waals surface area contributed by atoms with E-state index in [1.54, 1.807) is 0 Å². The standard InChI is InChI=1S/C13H22N4O2/c1-10(14)7-13(18)17-5-3-16(4-6-17)9-12-8-11(2)19-15-12/h8,10H,3-7,9,14H2,1-2H3. The molecule has 1 fully saturated rings. The van der Waals surface area contributed by atoms with Crippen LogP contribution in [-0.2, 0) is 11.3 Å². The monoisotopic (exact) mass is 266 g/mol. The quantitative estimate of drug-likeness (QED) is 0.852. The summed E-state index contributed by atoms with van der Waals surface area (Å²) in [6, 6.07) is 1.89. The fraction of sp³-hybridized carbons (Fsp3) is 0.692. The maximum absolute atomic E-state index is 11.9. The average Bonchev–Trinajstić information content (AvgIpc) is 2.75. The summed E-state index contributed by atoms with van der Waals surface area (Å²) in [7, 11) is 0. The second kappa shape index (κ2) is 6.16. The zero-order chi connectivity index (χ0) is 13.8. The van der Waals surface area contributed by atoms with Crippen LogP contribution in [0.5, 0.6) is 0 Å².